The molecule has 1 aliphatic heterocycles. The third kappa shape index (κ3) is 4.70. The quantitative estimate of drug-likeness (QED) is 0.757. The lowest BCUT2D eigenvalue weighted by atomic mass is 9.89. The monoisotopic (exact) mass is 412 g/mol. The molecular formula is C24H29FN2O3. The predicted molar refractivity (Wildman–Crippen MR) is 114 cm³/mol. The van der Waals surface area contributed by atoms with Gasteiger partial charge in [0.2, 0.25) is 5.91 Å². The van der Waals surface area contributed by atoms with Gasteiger partial charge in [-0.1, -0.05) is 50.2 Å². The molecule has 1 fully saturated rings. The fourth-order valence-corrected chi connectivity index (χ4v) is 3.84. The molecule has 0 spiro atoms. The van der Waals surface area contributed by atoms with Gasteiger partial charge in [-0.2, -0.15) is 0 Å². The summed E-state index contributed by atoms with van der Waals surface area (Å²) in [6.45, 7) is 4.78. The molecule has 6 heteroatoms. The van der Waals surface area contributed by atoms with E-state index in [1.54, 1.807) is 31.1 Å². The highest BCUT2D eigenvalue weighted by Gasteiger charge is 2.46. The first-order valence-corrected chi connectivity index (χ1v) is 10.2. The van der Waals surface area contributed by atoms with E-state index in [1.165, 1.54) is 17.0 Å². The van der Waals surface area contributed by atoms with Crippen LogP contribution in [0.5, 0.6) is 0 Å². The molecule has 0 radical (unpaired) electrons. The number of nitrogens with zero attached hydrogens (tertiary/aromatic N) is 2. The summed E-state index contributed by atoms with van der Waals surface area (Å²) in [7, 11) is 3.41. The number of rotatable bonds is 5. The van der Waals surface area contributed by atoms with Gasteiger partial charge in [-0.25, -0.2) is 4.39 Å². The first kappa shape index (κ1) is 22.0. The van der Waals surface area contributed by atoms with Gasteiger partial charge in [0.25, 0.3) is 5.91 Å². The predicted octanol–water partition coefficient (Wildman–Crippen LogP) is 3.38. The van der Waals surface area contributed by atoms with Gasteiger partial charge >= 0.3 is 0 Å². The van der Waals surface area contributed by atoms with E-state index in [9.17, 15) is 14.0 Å². The van der Waals surface area contributed by atoms with Crippen LogP contribution >= 0.6 is 0 Å². The van der Waals surface area contributed by atoms with Crippen molar-refractivity contribution in [3.63, 3.8) is 0 Å². The molecule has 1 unspecified atom stereocenters. The number of carbonyl (C=O) groups excluding carboxylic acids is 2. The van der Waals surface area contributed by atoms with Gasteiger partial charge in [0.05, 0.1) is 13.2 Å². The average molecular weight is 413 g/mol. The zero-order valence-electron chi connectivity index (χ0n) is 18.0. The summed E-state index contributed by atoms with van der Waals surface area (Å²) in [5, 5.41) is 0. The Balaban J connectivity index is 1.85. The number of hydrogen-bond acceptors (Lipinski definition) is 3. The molecule has 1 heterocycles. The van der Waals surface area contributed by atoms with Crippen LogP contribution in [-0.2, 0) is 20.7 Å². The van der Waals surface area contributed by atoms with Crippen LogP contribution in [0.4, 0.5) is 4.39 Å². The minimum Gasteiger partial charge on any atom is -0.361 e. The zero-order valence-corrected chi connectivity index (χ0v) is 18.0. The van der Waals surface area contributed by atoms with E-state index in [-0.39, 0.29) is 30.1 Å². The number of amides is 2. The lowest BCUT2D eigenvalue weighted by Crippen LogP contribution is -2.62. The van der Waals surface area contributed by atoms with E-state index in [0.717, 1.165) is 16.7 Å². The van der Waals surface area contributed by atoms with Crippen LogP contribution < -0.4 is 0 Å². The molecule has 2 aromatic carbocycles. The number of halogens is 1. The summed E-state index contributed by atoms with van der Waals surface area (Å²) < 4.78 is 19.2. The van der Waals surface area contributed by atoms with Crippen LogP contribution in [0.2, 0.25) is 0 Å². The maximum Gasteiger partial charge on any atom is 0.256 e. The van der Waals surface area contributed by atoms with E-state index >= 15 is 0 Å². The molecule has 3 rings (SSSR count). The number of morpholine rings is 1. The number of ether oxygens (including phenoxy) is 1. The Morgan fingerprint density at radius 1 is 1.07 bits per heavy atom. The zero-order chi connectivity index (χ0) is 21.9. The first-order chi connectivity index (χ1) is 14.2. The first-order valence-electron chi connectivity index (χ1n) is 10.2. The topological polar surface area (TPSA) is 49.9 Å². The Kier molecular flexibility index (Phi) is 6.56. The summed E-state index contributed by atoms with van der Waals surface area (Å²) in [4.78, 5) is 28.9. The third-order valence-corrected chi connectivity index (χ3v) is 5.41. The van der Waals surface area contributed by atoms with Crippen molar-refractivity contribution >= 4 is 11.8 Å². The molecule has 1 atom stereocenters. The number of carbonyl (C=O) groups is 2. The van der Waals surface area contributed by atoms with Crippen LogP contribution in [0.25, 0.3) is 11.1 Å². The van der Waals surface area contributed by atoms with Crippen molar-refractivity contribution in [3.05, 3.63) is 59.9 Å². The van der Waals surface area contributed by atoms with Crippen LogP contribution in [0.15, 0.2) is 48.5 Å². The highest BCUT2D eigenvalue weighted by Crippen LogP contribution is 2.28. The molecule has 1 saturated heterocycles. The highest BCUT2D eigenvalue weighted by atomic mass is 19.1. The summed E-state index contributed by atoms with van der Waals surface area (Å²) in [5.74, 6) is -0.521. The fourth-order valence-electron chi connectivity index (χ4n) is 3.84. The van der Waals surface area contributed by atoms with E-state index in [4.69, 9.17) is 4.74 Å². The van der Waals surface area contributed by atoms with Gasteiger partial charge in [-0.15, -0.1) is 0 Å². The molecule has 30 heavy (non-hydrogen) atoms. The van der Waals surface area contributed by atoms with Crippen molar-refractivity contribution in [3.8, 4) is 11.1 Å². The summed E-state index contributed by atoms with van der Waals surface area (Å²) >= 11 is 0. The fraction of sp³-hybridized carbons (Fsp3) is 0.417. The van der Waals surface area contributed by atoms with E-state index in [1.807, 2.05) is 38.1 Å². The molecule has 0 aliphatic carbocycles. The number of hydrogen-bond donors (Lipinski definition) is 0. The molecule has 5 nitrogen and oxygen atoms in total. The SMILES string of the molecule is CC(C)C(=O)N1CCOC(Cc2ccc(-c3ccc(F)cc3)cc2)(C(=O)N(C)C)C1. The Hall–Kier alpha value is -2.73. The smallest absolute Gasteiger partial charge is 0.256 e. The van der Waals surface area contributed by atoms with Gasteiger partial charge in [0.15, 0.2) is 5.60 Å². The van der Waals surface area contributed by atoms with Crippen LogP contribution in [0.3, 0.4) is 0 Å². The van der Waals surface area contributed by atoms with Gasteiger partial charge in [0, 0.05) is 33.0 Å². The summed E-state index contributed by atoms with van der Waals surface area (Å²) in [5.41, 5.74) is 1.72. The minimum absolute atomic E-state index is 0.0286. The number of likely N-dealkylation sites (N-methyl/N-ethyl adjacent to an activating group) is 1. The largest absolute Gasteiger partial charge is 0.361 e. The molecule has 2 aromatic rings. The van der Waals surface area contributed by atoms with Crippen molar-refractivity contribution in [2.45, 2.75) is 25.9 Å². The Morgan fingerprint density at radius 2 is 1.63 bits per heavy atom. The van der Waals surface area contributed by atoms with Gasteiger partial charge in [-0.3, -0.25) is 9.59 Å². The number of benzene rings is 2. The molecular weight excluding hydrogens is 383 g/mol. The maximum atomic E-state index is 13.2. The summed E-state index contributed by atoms with van der Waals surface area (Å²) in [6, 6.07) is 14.2. The Bertz CT molecular complexity index is 894. The van der Waals surface area contributed by atoms with E-state index in [0.29, 0.717) is 19.6 Å². The molecule has 0 bridgehead atoms. The maximum absolute atomic E-state index is 13.2. The van der Waals surface area contributed by atoms with Gasteiger partial charge < -0.3 is 14.5 Å². The van der Waals surface area contributed by atoms with Gasteiger partial charge in [0.1, 0.15) is 5.82 Å². The second-order valence-electron chi connectivity index (χ2n) is 8.34. The Labute approximate surface area is 177 Å². The van der Waals surface area contributed by atoms with Crippen molar-refractivity contribution in [1.82, 2.24) is 9.80 Å². The van der Waals surface area contributed by atoms with Crippen LogP contribution in [0, 0.1) is 11.7 Å². The van der Waals surface area contributed by atoms with Crippen molar-refractivity contribution in [1.29, 1.82) is 0 Å². The molecule has 0 saturated carbocycles. The second-order valence-corrected chi connectivity index (χ2v) is 8.34. The summed E-state index contributed by atoms with van der Waals surface area (Å²) in [6.07, 6.45) is 0.371. The second kappa shape index (κ2) is 8.96. The lowest BCUT2D eigenvalue weighted by Gasteiger charge is -2.43. The standard InChI is InChI=1S/C24H29FN2O3/c1-17(2)22(28)27-13-14-30-24(16-27,23(29)26(3)4)15-18-5-7-19(8-6-18)20-9-11-21(25)12-10-20/h5-12,17H,13-16H2,1-4H3. The van der Waals surface area contributed by atoms with Crippen LogP contribution in [0.1, 0.15) is 19.4 Å². The van der Waals surface area contributed by atoms with Crippen molar-refractivity contribution < 1.29 is 18.7 Å². The lowest BCUT2D eigenvalue weighted by molar-refractivity contribution is -0.173. The molecule has 0 aromatic heterocycles. The van der Waals surface area contributed by atoms with Crippen molar-refractivity contribution in [2.75, 3.05) is 33.8 Å². The van der Waals surface area contributed by atoms with E-state index < -0.39 is 5.60 Å². The molecule has 0 N–H and O–H groups in total. The van der Waals surface area contributed by atoms with Crippen LogP contribution in [-0.4, -0.2) is 61.0 Å². The molecule has 1 aliphatic rings. The van der Waals surface area contributed by atoms with Gasteiger partial charge in [-0.05, 0) is 28.8 Å². The average Bonchev–Trinajstić information content (AvgIpc) is 2.74. The highest BCUT2D eigenvalue weighted by molar-refractivity contribution is 5.87. The minimum atomic E-state index is -1.11. The molecule has 160 valence electrons. The normalized spacial score (nSPS) is 19.1. The van der Waals surface area contributed by atoms with E-state index in [2.05, 4.69) is 0 Å². The van der Waals surface area contributed by atoms with Crippen molar-refractivity contribution in [2.24, 2.45) is 5.92 Å². The Morgan fingerprint density at radius 3 is 2.17 bits per heavy atom. The third-order valence-electron chi connectivity index (χ3n) is 5.41. The molecule has 2 amide bonds.